The zero-order valence-corrected chi connectivity index (χ0v) is 12.9. The molecule has 2 heterocycles. The molecule has 0 amide bonds. The van der Waals surface area contributed by atoms with Crippen molar-refractivity contribution in [3.63, 3.8) is 0 Å². The summed E-state index contributed by atoms with van der Waals surface area (Å²) in [6, 6.07) is 8.94. The van der Waals surface area contributed by atoms with Crippen molar-refractivity contribution in [3.05, 3.63) is 29.8 Å². The molecule has 21 heavy (non-hydrogen) atoms. The molecule has 3 rings (SSSR count). The Kier molecular flexibility index (Phi) is 4.78. The average Bonchev–Trinajstić information content (AvgIpc) is 3.20. The monoisotopic (exact) mass is 290 g/mol. The number of anilines is 1. The molecule has 2 fully saturated rings. The van der Waals surface area contributed by atoms with Crippen molar-refractivity contribution < 1.29 is 9.47 Å². The summed E-state index contributed by atoms with van der Waals surface area (Å²) in [5, 5.41) is 3.51. The van der Waals surface area contributed by atoms with E-state index in [1.807, 2.05) is 0 Å². The second-order valence-corrected chi connectivity index (χ2v) is 6.15. The standard InChI is InChI=1S/C17H26N2O2/c1-20-17(8-11-21-14-17)13-18-12-15-4-6-16(7-5-15)19-9-2-3-10-19/h4-7,18H,2-3,8-14H2,1H3. The molecule has 0 radical (unpaired) electrons. The highest BCUT2D eigenvalue weighted by Crippen LogP contribution is 2.22. The maximum absolute atomic E-state index is 5.63. The van der Waals surface area contributed by atoms with Crippen molar-refractivity contribution in [1.29, 1.82) is 0 Å². The van der Waals surface area contributed by atoms with Crippen LogP contribution in [-0.4, -0.2) is 45.6 Å². The lowest BCUT2D eigenvalue weighted by Gasteiger charge is -2.26. The highest BCUT2D eigenvalue weighted by molar-refractivity contribution is 5.48. The third-order valence-electron chi connectivity index (χ3n) is 4.68. The zero-order chi connectivity index (χ0) is 14.5. The molecule has 1 atom stereocenters. The van der Waals surface area contributed by atoms with Gasteiger partial charge in [-0.3, -0.25) is 0 Å². The Bertz CT molecular complexity index is 435. The second-order valence-electron chi connectivity index (χ2n) is 6.15. The Morgan fingerprint density at radius 1 is 1.24 bits per heavy atom. The van der Waals surface area contributed by atoms with Crippen LogP contribution in [0.1, 0.15) is 24.8 Å². The molecule has 4 nitrogen and oxygen atoms in total. The van der Waals surface area contributed by atoms with Gasteiger partial charge in [-0.15, -0.1) is 0 Å². The first-order chi connectivity index (χ1) is 10.3. The van der Waals surface area contributed by atoms with Gasteiger partial charge in [-0.05, 0) is 30.5 Å². The number of nitrogens with zero attached hydrogens (tertiary/aromatic N) is 1. The predicted molar refractivity (Wildman–Crippen MR) is 84.8 cm³/mol. The van der Waals surface area contributed by atoms with Gasteiger partial charge in [0.05, 0.1) is 6.61 Å². The smallest absolute Gasteiger partial charge is 0.106 e. The van der Waals surface area contributed by atoms with Crippen LogP contribution in [0, 0.1) is 0 Å². The number of methoxy groups -OCH3 is 1. The summed E-state index contributed by atoms with van der Waals surface area (Å²) >= 11 is 0. The highest BCUT2D eigenvalue weighted by Gasteiger charge is 2.34. The zero-order valence-electron chi connectivity index (χ0n) is 12.9. The molecule has 4 heteroatoms. The van der Waals surface area contributed by atoms with Crippen molar-refractivity contribution in [2.45, 2.75) is 31.4 Å². The van der Waals surface area contributed by atoms with Crippen molar-refractivity contribution in [2.75, 3.05) is 44.9 Å². The summed E-state index contributed by atoms with van der Waals surface area (Å²) in [6.45, 7) is 5.63. The molecule has 0 aromatic heterocycles. The Labute approximate surface area is 127 Å². The van der Waals surface area contributed by atoms with Crippen molar-refractivity contribution in [3.8, 4) is 0 Å². The van der Waals surface area contributed by atoms with Gasteiger partial charge in [-0.1, -0.05) is 12.1 Å². The fourth-order valence-electron chi connectivity index (χ4n) is 3.20. The van der Waals surface area contributed by atoms with Crippen LogP contribution in [0.5, 0.6) is 0 Å². The Hall–Kier alpha value is -1.10. The molecular weight excluding hydrogens is 264 g/mol. The van der Waals surface area contributed by atoms with Crippen LogP contribution in [0.2, 0.25) is 0 Å². The van der Waals surface area contributed by atoms with E-state index < -0.39 is 0 Å². The van der Waals surface area contributed by atoms with Gasteiger partial charge in [0.1, 0.15) is 5.60 Å². The van der Waals surface area contributed by atoms with Crippen molar-refractivity contribution in [2.24, 2.45) is 0 Å². The Balaban J connectivity index is 1.49. The van der Waals surface area contributed by atoms with Gasteiger partial charge in [0, 0.05) is 52.0 Å². The minimum atomic E-state index is -0.129. The molecular formula is C17H26N2O2. The largest absolute Gasteiger partial charge is 0.378 e. The van der Waals surface area contributed by atoms with Gasteiger partial charge in [0.15, 0.2) is 0 Å². The number of nitrogens with one attached hydrogen (secondary N) is 1. The minimum Gasteiger partial charge on any atom is -0.378 e. The number of benzene rings is 1. The fourth-order valence-corrected chi connectivity index (χ4v) is 3.20. The van der Waals surface area contributed by atoms with E-state index in [2.05, 4.69) is 34.5 Å². The van der Waals surface area contributed by atoms with Crippen LogP contribution in [0.25, 0.3) is 0 Å². The van der Waals surface area contributed by atoms with Crippen LogP contribution in [0.3, 0.4) is 0 Å². The molecule has 2 saturated heterocycles. The molecule has 1 N–H and O–H groups in total. The summed E-state index contributed by atoms with van der Waals surface area (Å²) in [5.41, 5.74) is 2.55. The maximum Gasteiger partial charge on any atom is 0.106 e. The number of ether oxygens (including phenoxy) is 2. The van der Waals surface area contributed by atoms with E-state index in [1.54, 1.807) is 7.11 Å². The first-order valence-corrected chi connectivity index (χ1v) is 7.99. The molecule has 0 bridgehead atoms. The van der Waals surface area contributed by atoms with Crippen LogP contribution >= 0.6 is 0 Å². The van der Waals surface area contributed by atoms with Crippen LogP contribution in [-0.2, 0) is 16.0 Å². The van der Waals surface area contributed by atoms with E-state index in [1.165, 1.54) is 37.2 Å². The average molecular weight is 290 g/mol. The number of rotatable bonds is 6. The van der Waals surface area contributed by atoms with Crippen LogP contribution in [0.4, 0.5) is 5.69 Å². The van der Waals surface area contributed by atoms with E-state index >= 15 is 0 Å². The lowest BCUT2D eigenvalue weighted by Crippen LogP contribution is -2.42. The lowest BCUT2D eigenvalue weighted by atomic mass is 10.0. The van der Waals surface area contributed by atoms with Gasteiger partial charge >= 0.3 is 0 Å². The van der Waals surface area contributed by atoms with Crippen LogP contribution in [0.15, 0.2) is 24.3 Å². The van der Waals surface area contributed by atoms with E-state index in [9.17, 15) is 0 Å². The lowest BCUT2D eigenvalue weighted by molar-refractivity contribution is -0.0159. The summed E-state index contributed by atoms with van der Waals surface area (Å²) in [7, 11) is 1.78. The van der Waals surface area contributed by atoms with E-state index in [0.29, 0.717) is 6.61 Å². The predicted octanol–water partition coefficient (Wildman–Crippen LogP) is 2.18. The second kappa shape index (κ2) is 6.77. The number of hydrogen-bond acceptors (Lipinski definition) is 4. The van der Waals surface area contributed by atoms with E-state index in [4.69, 9.17) is 9.47 Å². The molecule has 0 spiro atoms. The third-order valence-corrected chi connectivity index (χ3v) is 4.68. The topological polar surface area (TPSA) is 33.7 Å². The summed E-state index contributed by atoms with van der Waals surface area (Å²) in [6.07, 6.45) is 3.62. The fraction of sp³-hybridized carbons (Fsp3) is 0.647. The van der Waals surface area contributed by atoms with Crippen molar-refractivity contribution in [1.82, 2.24) is 5.32 Å². The molecule has 1 aromatic carbocycles. The van der Waals surface area contributed by atoms with Gasteiger partial charge in [-0.25, -0.2) is 0 Å². The third kappa shape index (κ3) is 3.57. The SMILES string of the molecule is COC1(CNCc2ccc(N3CCCC3)cc2)CCOC1. The first-order valence-electron chi connectivity index (χ1n) is 7.99. The van der Waals surface area contributed by atoms with E-state index in [-0.39, 0.29) is 5.60 Å². The summed E-state index contributed by atoms with van der Waals surface area (Å²) < 4.78 is 11.1. The van der Waals surface area contributed by atoms with Gasteiger partial charge < -0.3 is 19.7 Å². The quantitative estimate of drug-likeness (QED) is 0.871. The van der Waals surface area contributed by atoms with Gasteiger partial charge in [0.25, 0.3) is 0 Å². The maximum atomic E-state index is 5.63. The van der Waals surface area contributed by atoms with Crippen LogP contribution < -0.4 is 10.2 Å². The van der Waals surface area contributed by atoms with Gasteiger partial charge in [-0.2, -0.15) is 0 Å². The van der Waals surface area contributed by atoms with E-state index in [0.717, 1.165) is 26.1 Å². The minimum absolute atomic E-state index is 0.129. The summed E-state index contributed by atoms with van der Waals surface area (Å²) in [4.78, 5) is 2.47. The highest BCUT2D eigenvalue weighted by atomic mass is 16.5. The molecule has 1 aromatic rings. The molecule has 2 aliphatic rings. The summed E-state index contributed by atoms with van der Waals surface area (Å²) in [5.74, 6) is 0. The normalized spacial score (nSPS) is 25.7. The molecule has 0 aliphatic carbocycles. The number of hydrogen-bond donors (Lipinski definition) is 1. The van der Waals surface area contributed by atoms with Crippen molar-refractivity contribution >= 4 is 5.69 Å². The molecule has 2 aliphatic heterocycles. The van der Waals surface area contributed by atoms with Gasteiger partial charge in [0.2, 0.25) is 0 Å². The molecule has 0 saturated carbocycles. The molecule has 1 unspecified atom stereocenters. The Morgan fingerprint density at radius 2 is 2.00 bits per heavy atom. The Morgan fingerprint density at radius 3 is 2.62 bits per heavy atom. The molecule has 116 valence electrons. The first kappa shape index (κ1) is 14.8.